The second kappa shape index (κ2) is 13.1. The molecule has 0 aliphatic carbocycles. The van der Waals surface area contributed by atoms with E-state index in [1.165, 1.54) is 49.4 Å². The Morgan fingerprint density at radius 2 is 0.889 bits per heavy atom. The molecule has 4 nitrogen and oxygen atoms in total. The summed E-state index contributed by atoms with van der Waals surface area (Å²) in [6.45, 7) is 0. The van der Waals surface area contributed by atoms with Crippen molar-refractivity contribution >= 4 is 56.1 Å². The van der Waals surface area contributed by atoms with Gasteiger partial charge in [0, 0.05) is 11.1 Å². The highest BCUT2D eigenvalue weighted by Gasteiger charge is 2.43. The van der Waals surface area contributed by atoms with E-state index in [0.717, 1.165) is 33.4 Å². The van der Waals surface area contributed by atoms with E-state index in [1.54, 1.807) is 23.5 Å². The van der Waals surface area contributed by atoms with Crippen LogP contribution in [0.3, 0.4) is 0 Å². The Morgan fingerprint density at radius 1 is 0.426 bits per heavy atom. The summed E-state index contributed by atoms with van der Waals surface area (Å²) in [6, 6.07) is 61.9. The molecule has 7 heteroatoms. The Balaban J connectivity index is 1.19. The number of aromatic nitrogens is 2. The van der Waals surface area contributed by atoms with Crippen molar-refractivity contribution in [2.45, 2.75) is 10.9 Å². The maximum Gasteiger partial charge on any atom is 0.154 e. The zero-order valence-electron chi connectivity index (χ0n) is 30.5. The SMILES string of the molecule is BC(B)(O)C(B)(O)c1nc2ccccc2n1-c1cccc(-c2cccc(-c3c4ccccc4c(-c4ccc(-c5ccccc5)cc4)c4ccccc34)c2)c1. The molecule has 9 rings (SSSR count). The van der Waals surface area contributed by atoms with Crippen LogP contribution in [0.15, 0.2) is 176 Å². The molecule has 0 saturated carbocycles. The lowest BCUT2D eigenvalue weighted by molar-refractivity contribution is -0.00426. The van der Waals surface area contributed by atoms with Crippen molar-refractivity contribution in [3.05, 3.63) is 182 Å². The molecule has 0 amide bonds. The smallest absolute Gasteiger partial charge is 0.154 e. The van der Waals surface area contributed by atoms with Crippen molar-refractivity contribution in [3.63, 3.8) is 0 Å². The number of hydrogen-bond acceptors (Lipinski definition) is 3. The van der Waals surface area contributed by atoms with Crippen molar-refractivity contribution in [1.29, 1.82) is 0 Å². The van der Waals surface area contributed by atoms with E-state index < -0.39 is 10.9 Å². The van der Waals surface area contributed by atoms with Crippen LogP contribution in [-0.4, -0.2) is 48.7 Å². The Labute approximate surface area is 317 Å². The van der Waals surface area contributed by atoms with Crippen LogP contribution < -0.4 is 0 Å². The van der Waals surface area contributed by atoms with Gasteiger partial charge in [-0.3, -0.25) is 4.57 Å². The zero-order chi connectivity index (χ0) is 37.0. The molecule has 54 heavy (non-hydrogen) atoms. The highest BCUT2D eigenvalue weighted by atomic mass is 16.3. The summed E-state index contributed by atoms with van der Waals surface area (Å²) in [6.07, 6.45) is 0. The van der Waals surface area contributed by atoms with Gasteiger partial charge in [-0.1, -0.05) is 146 Å². The molecule has 1 heterocycles. The molecule has 0 radical (unpaired) electrons. The molecule has 1 unspecified atom stereocenters. The summed E-state index contributed by atoms with van der Waals surface area (Å²) < 4.78 is 1.97. The van der Waals surface area contributed by atoms with Crippen molar-refractivity contribution in [2.24, 2.45) is 0 Å². The first-order valence-corrected chi connectivity index (χ1v) is 18.4. The molecule has 2 N–H and O–H groups in total. The van der Waals surface area contributed by atoms with E-state index in [4.69, 9.17) is 4.98 Å². The van der Waals surface area contributed by atoms with Crippen LogP contribution in [0.25, 0.3) is 82.8 Å². The van der Waals surface area contributed by atoms with Crippen LogP contribution in [0.4, 0.5) is 0 Å². The first-order valence-electron chi connectivity index (χ1n) is 18.4. The number of rotatable bonds is 7. The summed E-state index contributed by atoms with van der Waals surface area (Å²) in [5.74, 6) is 0.384. The monoisotopic (exact) mass is 694 g/mol. The van der Waals surface area contributed by atoms with Crippen molar-refractivity contribution < 1.29 is 10.2 Å². The molecule has 0 aliphatic heterocycles. The van der Waals surface area contributed by atoms with E-state index in [9.17, 15) is 10.2 Å². The average molecular weight is 694 g/mol. The Kier molecular flexibility index (Phi) is 8.15. The zero-order valence-corrected chi connectivity index (χ0v) is 30.5. The molecule has 0 aliphatic rings. The van der Waals surface area contributed by atoms with Crippen LogP contribution in [0.5, 0.6) is 0 Å². The minimum Gasteiger partial charge on any atom is -0.405 e. The van der Waals surface area contributed by atoms with Crippen LogP contribution in [0, 0.1) is 0 Å². The molecule has 256 valence electrons. The lowest BCUT2D eigenvalue weighted by Gasteiger charge is -2.36. The lowest BCUT2D eigenvalue weighted by atomic mass is 9.49. The Bertz CT molecular complexity index is 2780. The van der Waals surface area contributed by atoms with Gasteiger partial charge in [-0.05, 0) is 96.4 Å². The number of aliphatic hydroxyl groups is 2. The van der Waals surface area contributed by atoms with Gasteiger partial charge < -0.3 is 10.2 Å². The number of nitrogens with zero attached hydrogens (tertiary/aromatic N) is 2. The molecular formula is C47H37B3N2O2. The van der Waals surface area contributed by atoms with E-state index in [2.05, 4.69) is 140 Å². The molecule has 0 fully saturated rings. The van der Waals surface area contributed by atoms with Crippen molar-refractivity contribution in [2.75, 3.05) is 0 Å². The maximum atomic E-state index is 11.7. The minimum atomic E-state index is -1.62. The van der Waals surface area contributed by atoms with Crippen LogP contribution in [-0.2, 0) is 5.50 Å². The third kappa shape index (κ3) is 5.65. The second-order valence-electron chi connectivity index (χ2n) is 14.8. The first-order chi connectivity index (χ1) is 26.2. The highest BCUT2D eigenvalue weighted by Crippen LogP contribution is 2.44. The number of fused-ring (bicyclic) bond motifs is 3. The van der Waals surface area contributed by atoms with Crippen LogP contribution >= 0.6 is 0 Å². The number of benzene rings is 8. The summed E-state index contributed by atoms with van der Waals surface area (Å²) in [5, 5.41) is 26.1. The Hall–Kier alpha value is -6.14. The van der Waals surface area contributed by atoms with Crippen LogP contribution in [0.1, 0.15) is 5.82 Å². The number of hydrogen-bond donors (Lipinski definition) is 2. The van der Waals surface area contributed by atoms with Crippen LogP contribution in [0.2, 0.25) is 0 Å². The maximum absolute atomic E-state index is 11.7. The molecule has 8 aromatic carbocycles. The Morgan fingerprint density at radius 3 is 1.52 bits per heavy atom. The molecule has 0 bridgehead atoms. The predicted molar refractivity (Wildman–Crippen MR) is 232 cm³/mol. The summed E-state index contributed by atoms with van der Waals surface area (Å²) >= 11 is 0. The highest BCUT2D eigenvalue weighted by molar-refractivity contribution is 6.43. The van der Waals surface area contributed by atoms with E-state index >= 15 is 0 Å². The fourth-order valence-corrected chi connectivity index (χ4v) is 7.78. The largest absolute Gasteiger partial charge is 0.405 e. The summed E-state index contributed by atoms with van der Waals surface area (Å²) in [7, 11) is 4.85. The second-order valence-corrected chi connectivity index (χ2v) is 14.8. The fraction of sp³-hybridized carbons (Fsp3) is 0.0426. The molecule has 9 aromatic rings. The van der Waals surface area contributed by atoms with Gasteiger partial charge in [0.15, 0.2) is 7.85 Å². The van der Waals surface area contributed by atoms with E-state index in [1.807, 2.05) is 41.0 Å². The van der Waals surface area contributed by atoms with E-state index in [0.29, 0.717) is 5.82 Å². The quantitative estimate of drug-likeness (QED) is 0.133. The average Bonchev–Trinajstić information content (AvgIpc) is 3.61. The van der Waals surface area contributed by atoms with Crippen molar-refractivity contribution in [1.82, 2.24) is 9.55 Å². The van der Waals surface area contributed by atoms with E-state index in [-0.39, 0.29) is 0 Å². The number of imidazole rings is 1. The van der Waals surface area contributed by atoms with Gasteiger partial charge in [-0.25, -0.2) is 4.98 Å². The van der Waals surface area contributed by atoms with Gasteiger partial charge in [0.05, 0.1) is 11.0 Å². The van der Waals surface area contributed by atoms with Gasteiger partial charge in [-0.15, -0.1) is 0 Å². The van der Waals surface area contributed by atoms with Gasteiger partial charge >= 0.3 is 0 Å². The standard InChI is InChI=1S/C47H37B3N2O2/c48-46(53,47(49,50)54)45-51-41-22-8-9-23-42(41)52(45)36-17-11-15-34(29-36)33-14-10-16-35(28-33)44-39-20-6-4-18-37(39)43(38-19-5-7-21-40(38)44)32-26-24-31(25-27-32)30-12-2-1-3-13-30/h1-29,53-54H,48-50H2. The third-order valence-electron chi connectivity index (χ3n) is 11.0. The molecule has 1 atom stereocenters. The van der Waals surface area contributed by atoms with Crippen molar-refractivity contribution in [3.8, 4) is 50.2 Å². The van der Waals surface area contributed by atoms with Gasteiger partial charge in [-0.2, -0.15) is 0 Å². The number of para-hydroxylation sites is 2. The van der Waals surface area contributed by atoms with Gasteiger partial charge in [0.2, 0.25) is 0 Å². The van der Waals surface area contributed by atoms with Gasteiger partial charge in [0.1, 0.15) is 27.0 Å². The lowest BCUT2D eigenvalue weighted by Crippen LogP contribution is -2.54. The molecular weight excluding hydrogens is 657 g/mol. The normalized spacial score (nSPS) is 13.0. The van der Waals surface area contributed by atoms with Gasteiger partial charge in [0.25, 0.3) is 0 Å². The third-order valence-corrected chi connectivity index (χ3v) is 11.0. The minimum absolute atomic E-state index is 0.384. The topological polar surface area (TPSA) is 58.3 Å². The molecule has 0 saturated heterocycles. The first kappa shape index (κ1) is 33.7. The summed E-state index contributed by atoms with van der Waals surface area (Å²) in [5.41, 5.74) is 10.1. The molecule has 0 spiro atoms. The predicted octanol–water partition coefficient (Wildman–Crippen LogP) is 7.69. The fourth-order valence-electron chi connectivity index (χ4n) is 7.78. The molecule has 1 aromatic heterocycles. The summed E-state index contributed by atoms with van der Waals surface area (Å²) in [4.78, 5) is 4.84.